The molecule has 0 bridgehead atoms. The molecular formula is C11H23NS. The third-order valence-corrected chi connectivity index (χ3v) is 3.80. The van der Waals surface area contributed by atoms with Crippen LogP contribution in [0, 0.1) is 5.92 Å². The molecule has 2 heteroatoms. The van der Waals surface area contributed by atoms with Gasteiger partial charge >= 0.3 is 0 Å². The maximum absolute atomic E-state index is 3.48. The molecular weight excluding hydrogens is 178 g/mol. The van der Waals surface area contributed by atoms with E-state index in [0.29, 0.717) is 0 Å². The normalized spacial score (nSPS) is 23.8. The highest BCUT2D eigenvalue weighted by Crippen LogP contribution is 2.18. The standard InChI is InChI=1S/C11H23NS/c1-10(2)13-8-4-6-11-5-3-7-12-9-11/h10-12H,3-9H2,1-2H3. The van der Waals surface area contributed by atoms with Crippen molar-refractivity contribution in [2.24, 2.45) is 5.92 Å². The summed E-state index contributed by atoms with van der Waals surface area (Å²) in [6.45, 7) is 7.09. The van der Waals surface area contributed by atoms with Crippen molar-refractivity contribution in [3.8, 4) is 0 Å². The lowest BCUT2D eigenvalue weighted by molar-refractivity contribution is 0.356. The molecule has 0 aromatic heterocycles. The Kier molecular flexibility index (Phi) is 5.88. The van der Waals surface area contributed by atoms with Crippen LogP contribution in [0.3, 0.4) is 0 Å². The summed E-state index contributed by atoms with van der Waals surface area (Å²) < 4.78 is 0. The zero-order valence-electron chi connectivity index (χ0n) is 9.01. The Labute approximate surface area is 87.1 Å². The Bertz CT molecular complexity index is 119. The molecule has 1 heterocycles. The van der Waals surface area contributed by atoms with Crippen LogP contribution in [0.2, 0.25) is 0 Å². The van der Waals surface area contributed by atoms with Gasteiger partial charge in [-0.1, -0.05) is 13.8 Å². The number of nitrogens with one attached hydrogen (secondary N) is 1. The van der Waals surface area contributed by atoms with Crippen LogP contribution < -0.4 is 5.32 Å². The van der Waals surface area contributed by atoms with Gasteiger partial charge in [-0.15, -0.1) is 0 Å². The van der Waals surface area contributed by atoms with E-state index in [2.05, 4.69) is 30.9 Å². The lowest BCUT2D eigenvalue weighted by atomic mass is 9.95. The van der Waals surface area contributed by atoms with Crippen LogP contribution in [0.5, 0.6) is 0 Å². The Hall–Kier alpha value is 0.310. The Balaban J connectivity index is 1.92. The minimum absolute atomic E-state index is 0.810. The van der Waals surface area contributed by atoms with Crippen LogP contribution in [-0.2, 0) is 0 Å². The second kappa shape index (κ2) is 6.72. The van der Waals surface area contributed by atoms with Crippen molar-refractivity contribution in [3.63, 3.8) is 0 Å². The van der Waals surface area contributed by atoms with E-state index < -0.39 is 0 Å². The van der Waals surface area contributed by atoms with Crippen LogP contribution in [0.1, 0.15) is 39.5 Å². The van der Waals surface area contributed by atoms with Gasteiger partial charge < -0.3 is 5.32 Å². The van der Waals surface area contributed by atoms with Gasteiger partial charge in [0, 0.05) is 0 Å². The summed E-state index contributed by atoms with van der Waals surface area (Å²) in [5.41, 5.74) is 0. The summed E-state index contributed by atoms with van der Waals surface area (Å²) in [6.07, 6.45) is 5.70. The molecule has 78 valence electrons. The first-order valence-corrected chi connectivity index (χ1v) is 6.66. The first kappa shape index (κ1) is 11.4. The average molecular weight is 201 g/mol. The number of hydrogen-bond donors (Lipinski definition) is 1. The van der Waals surface area contributed by atoms with Crippen LogP contribution in [0.4, 0.5) is 0 Å². The molecule has 1 fully saturated rings. The molecule has 0 radical (unpaired) electrons. The monoisotopic (exact) mass is 201 g/mol. The van der Waals surface area contributed by atoms with Gasteiger partial charge in [0.05, 0.1) is 0 Å². The lowest BCUT2D eigenvalue weighted by Gasteiger charge is -2.22. The minimum Gasteiger partial charge on any atom is -0.316 e. The predicted octanol–water partition coefficient (Wildman–Crippen LogP) is 2.91. The zero-order valence-corrected chi connectivity index (χ0v) is 9.83. The molecule has 0 spiro atoms. The summed E-state index contributed by atoms with van der Waals surface area (Å²) in [6, 6.07) is 0. The Morgan fingerprint density at radius 1 is 1.46 bits per heavy atom. The molecule has 0 saturated carbocycles. The number of thioether (sulfide) groups is 1. The molecule has 1 rings (SSSR count). The quantitative estimate of drug-likeness (QED) is 0.686. The van der Waals surface area contributed by atoms with Crippen LogP contribution in [-0.4, -0.2) is 24.1 Å². The fraction of sp³-hybridized carbons (Fsp3) is 1.00. The summed E-state index contributed by atoms with van der Waals surface area (Å²) >= 11 is 2.10. The number of hydrogen-bond acceptors (Lipinski definition) is 2. The van der Waals surface area contributed by atoms with Crippen LogP contribution >= 0.6 is 11.8 Å². The predicted molar refractivity (Wildman–Crippen MR) is 62.4 cm³/mol. The maximum Gasteiger partial charge on any atom is -0.000968 e. The summed E-state index contributed by atoms with van der Waals surface area (Å²) in [7, 11) is 0. The van der Waals surface area contributed by atoms with Gasteiger partial charge in [0.2, 0.25) is 0 Å². The molecule has 1 atom stereocenters. The Morgan fingerprint density at radius 2 is 2.31 bits per heavy atom. The van der Waals surface area contributed by atoms with E-state index in [1.807, 2.05) is 0 Å². The van der Waals surface area contributed by atoms with Gasteiger partial charge in [-0.25, -0.2) is 0 Å². The Morgan fingerprint density at radius 3 is 2.92 bits per heavy atom. The van der Waals surface area contributed by atoms with E-state index in [-0.39, 0.29) is 0 Å². The van der Waals surface area contributed by atoms with Crippen LogP contribution in [0.25, 0.3) is 0 Å². The van der Waals surface area contributed by atoms with Gasteiger partial charge in [0.25, 0.3) is 0 Å². The van der Waals surface area contributed by atoms with Gasteiger partial charge in [0.15, 0.2) is 0 Å². The molecule has 1 aliphatic heterocycles. The fourth-order valence-corrected chi connectivity index (χ4v) is 2.67. The van der Waals surface area contributed by atoms with E-state index in [4.69, 9.17) is 0 Å². The molecule has 0 aliphatic carbocycles. The first-order chi connectivity index (χ1) is 6.29. The number of piperidine rings is 1. The lowest BCUT2D eigenvalue weighted by Crippen LogP contribution is -2.29. The van der Waals surface area contributed by atoms with Crippen molar-refractivity contribution in [2.75, 3.05) is 18.8 Å². The zero-order chi connectivity index (χ0) is 9.52. The molecule has 1 unspecified atom stereocenters. The topological polar surface area (TPSA) is 12.0 Å². The smallest absolute Gasteiger partial charge is 0.000968 e. The molecule has 0 aromatic rings. The summed E-state index contributed by atoms with van der Waals surface area (Å²) in [5.74, 6) is 2.33. The fourth-order valence-electron chi connectivity index (χ4n) is 1.86. The largest absolute Gasteiger partial charge is 0.316 e. The third-order valence-electron chi connectivity index (χ3n) is 2.61. The van der Waals surface area contributed by atoms with Gasteiger partial charge in [-0.2, -0.15) is 11.8 Å². The maximum atomic E-state index is 3.48. The first-order valence-electron chi connectivity index (χ1n) is 5.61. The van der Waals surface area contributed by atoms with Crippen molar-refractivity contribution in [3.05, 3.63) is 0 Å². The highest BCUT2D eigenvalue weighted by atomic mass is 32.2. The van der Waals surface area contributed by atoms with E-state index in [1.165, 1.54) is 44.5 Å². The molecule has 1 aliphatic rings. The summed E-state index contributed by atoms with van der Waals surface area (Å²) in [4.78, 5) is 0. The van der Waals surface area contributed by atoms with Gasteiger partial charge in [-0.05, 0) is 55.7 Å². The molecule has 1 nitrogen and oxygen atoms in total. The highest BCUT2D eigenvalue weighted by Gasteiger charge is 2.11. The summed E-state index contributed by atoms with van der Waals surface area (Å²) in [5, 5.41) is 4.29. The molecule has 0 aromatic carbocycles. The van der Waals surface area contributed by atoms with Crippen molar-refractivity contribution in [1.29, 1.82) is 0 Å². The number of rotatable bonds is 5. The molecule has 1 saturated heterocycles. The molecule has 0 amide bonds. The van der Waals surface area contributed by atoms with Crippen molar-refractivity contribution in [1.82, 2.24) is 5.32 Å². The van der Waals surface area contributed by atoms with Gasteiger partial charge in [0.1, 0.15) is 0 Å². The van der Waals surface area contributed by atoms with Gasteiger partial charge in [-0.3, -0.25) is 0 Å². The average Bonchev–Trinajstić information content (AvgIpc) is 2.14. The SMILES string of the molecule is CC(C)SCCCC1CCCNC1. The van der Waals surface area contributed by atoms with E-state index >= 15 is 0 Å². The van der Waals surface area contributed by atoms with Crippen LogP contribution in [0.15, 0.2) is 0 Å². The second-order valence-corrected chi connectivity index (χ2v) is 5.96. The van der Waals surface area contributed by atoms with E-state index in [9.17, 15) is 0 Å². The van der Waals surface area contributed by atoms with Crippen molar-refractivity contribution >= 4 is 11.8 Å². The van der Waals surface area contributed by atoms with E-state index in [1.54, 1.807) is 0 Å². The third kappa shape index (κ3) is 5.58. The minimum atomic E-state index is 0.810. The van der Waals surface area contributed by atoms with Crippen molar-refractivity contribution < 1.29 is 0 Å². The highest BCUT2D eigenvalue weighted by molar-refractivity contribution is 7.99. The van der Waals surface area contributed by atoms with E-state index in [0.717, 1.165) is 11.2 Å². The molecule has 13 heavy (non-hydrogen) atoms. The molecule has 1 N–H and O–H groups in total. The van der Waals surface area contributed by atoms with Crippen molar-refractivity contribution in [2.45, 2.75) is 44.8 Å². The second-order valence-electron chi connectivity index (χ2n) is 4.27.